The van der Waals surface area contributed by atoms with Crippen molar-refractivity contribution in [2.24, 2.45) is 0 Å². The number of anilines is 1. The Balaban J connectivity index is 1.40. The number of amides is 1. The summed E-state index contributed by atoms with van der Waals surface area (Å²) in [4.78, 5) is 20.4. The molecule has 3 heterocycles. The van der Waals surface area contributed by atoms with E-state index < -0.39 is 0 Å². The minimum atomic E-state index is -0.277. The predicted molar refractivity (Wildman–Crippen MR) is 132 cm³/mol. The van der Waals surface area contributed by atoms with Crippen molar-refractivity contribution in [3.05, 3.63) is 96.1 Å². The van der Waals surface area contributed by atoms with Crippen LogP contribution in [0, 0.1) is 18.3 Å². The van der Waals surface area contributed by atoms with Crippen LogP contribution in [0.3, 0.4) is 0 Å². The molecular formula is C27H22N6O. The maximum atomic E-state index is 12.9. The minimum Gasteiger partial charge on any atom is -0.346 e. The molecule has 3 aromatic heterocycles. The van der Waals surface area contributed by atoms with Gasteiger partial charge in [0.2, 0.25) is 0 Å². The van der Waals surface area contributed by atoms with Gasteiger partial charge < -0.3 is 10.3 Å². The van der Waals surface area contributed by atoms with Crippen LogP contribution in [-0.2, 0) is 0 Å². The number of carbonyl (C=O) groups is 1. The fourth-order valence-corrected chi connectivity index (χ4v) is 3.86. The van der Waals surface area contributed by atoms with Crippen LogP contribution in [0.4, 0.5) is 5.69 Å². The topological polar surface area (TPSA) is 99.4 Å². The molecule has 5 rings (SSSR count). The highest BCUT2D eigenvalue weighted by molar-refractivity contribution is 6.04. The molecule has 1 amide bonds. The number of aromatic nitrogens is 4. The fourth-order valence-electron chi connectivity index (χ4n) is 3.86. The first kappa shape index (κ1) is 21.2. The van der Waals surface area contributed by atoms with Gasteiger partial charge in [-0.2, -0.15) is 10.4 Å². The van der Waals surface area contributed by atoms with Crippen LogP contribution in [0.15, 0.2) is 79.4 Å². The summed E-state index contributed by atoms with van der Waals surface area (Å²) in [6, 6.07) is 19.1. The highest BCUT2D eigenvalue weighted by Gasteiger charge is 2.12. The van der Waals surface area contributed by atoms with Crippen LogP contribution in [0.25, 0.3) is 27.8 Å². The molecule has 0 aliphatic heterocycles. The molecule has 0 spiro atoms. The molecule has 5 aromatic rings. The van der Waals surface area contributed by atoms with E-state index in [1.165, 1.54) is 0 Å². The Morgan fingerprint density at radius 1 is 1.12 bits per heavy atom. The second kappa shape index (κ2) is 8.68. The number of aromatic amines is 1. The number of hydrogen-bond donors (Lipinski definition) is 2. The Morgan fingerprint density at radius 3 is 2.85 bits per heavy atom. The number of pyridine rings is 1. The van der Waals surface area contributed by atoms with E-state index in [1.807, 2.05) is 69.0 Å². The summed E-state index contributed by atoms with van der Waals surface area (Å²) in [5.41, 5.74) is 6.66. The van der Waals surface area contributed by atoms with Gasteiger partial charge in [0.05, 0.1) is 23.9 Å². The van der Waals surface area contributed by atoms with Crippen LogP contribution >= 0.6 is 0 Å². The van der Waals surface area contributed by atoms with Gasteiger partial charge in [-0.25, -0.2) is 9.67 Å². The number of H-pyrrole nitrogens is 1. The third-order valence-electron chi connectivity index (χ3n) is 5.87. The lowest BCUT2D eigenvalue weighted by Gasteiger charge is -2.11. The first-order valence-electron chi connectivity index (χ1n) is 10.9. The zero-order valence-electron chi connectivity index (χ0n) is 18.8. The average molecular weight is 447 g/mol. The van der Waals surface area contributed by atoms with Crippen molar-refractivity contribution in [1.82, 2.24) is 19.7 Å². The van der Waals surface area contributed by atoms with Gasteiger partial charge in [-0.05, 0) is 61.4 Å². The maximum absolute atomic E-state index is 12.9. The van der Waals surface area contributed by atoms with Crippen LogP contribution in [0.5, 0.6) is 0 Å². The number of rotatable bonds is 5. The summed E-state index contributed by atoms with van der Waals surface area (Å²) in [5.74, 6) is -0.505. The Bertz CT molecular complexity index is 1550. The fraction of sp³-hybridized carbons (Fsp3) is 0.111. The van der Waals surface area contributed by atoms with Gasteiger partial charge in [-0.1, -0.05) is 18.2 Å². The van der Waals surface area contributed by atoms with Gasteiger partial charge in [0.1, 0.15) is 5.65 Å². The largest absolute Gasteiger partial charge is 0.346 e. The highest BCUT2D eigenvalue weighted by atomic mass is 16.1. The molecule has 0 saturated heterocycles. The standard InChI is InChI=1S/C27H22N6O/c1-17-6-7-24(32-27(34)21-5-3-4-19(10-21)18(2)13-28)12-25(17)33-16-23(15-31-33)22-11-20-8-9-29-26(20)30-14-22/h3-12,14-16,18H,1-2H3,(H,29,30)(H,32,34). The van der Waals surface area contributed by atoms with Crippen molar-refractivity contribution in [3.63, 3.8) is 0 Å². The number of nitriles is 1. The lowest BCUT2D eigenvalue weighted by atomic mass is 10.0. The Labute approximate surface area is 196 Å². The predicted octanol–water partition coefficient (Wildman–Crippen LogP) is 5.60. The van der Waals surface area contributed by atoms with Crippen molar-refractivity contribution in [1.29, 1.82) is 5.26 Å². The van der Waals surface area contributed by atoms with E-state index in [0.29, 0.717) is 11.3 Å². The molecule has 166 valence electrons. The zero-order valence-corrected chi connectivity index (χ0v) is 18.8. The third kappa shape index (κ3) is 4.05. The first-order chi connectivity index (χ1) is 16.5. The quantitative estimate of drug-likeness (QED) is 0.367. The summed E-state index contributed by atoms with van der Waals surface area (Å²) in [6.45, 7) is 3.82. The van der Waals surface area contributed by atoms with Crippen molar-refractivity contribution in [2.75, 3.05) is 5.32 Å². The monoisotopic (exact) mass is 446 g/mol. The summed E-state index contributed by atoms with van der Waals surface area (Å²) in [7, 11) is 0. The number of aryl methyl sites for hydroxylation is 1. The Hall–Kier alpha value is -4.70. The summed E-state index contributed by atoms with van der Waals surface area (Å²) in [5, 5.41) is 17.7. The van der Waals surface area contributed by atoms with E-state index in [2.05, 4.69) is 32.5 Å². The Kier molecular flexibility index (Phi) is 5.40. The van der Waals surface area contributed by atoms with Gasteiger partial charge in [0.15, 0.2) is 0 Å². The zero-order chi connectivity index (χ0) is 23.7. The molecule has 2 aromatic carbocycles. The SMILES string of the molecule is Cc1ccc(NC(=O)c2cccc(C(C)C#N)c2)cc1-n1cc(-c2cnc3[nH]ccc3c2)cn1. The summed E-state index contributed by atoms with van der Waals surface area (Å²) >= 11 is 0. The number of hydrogen-bond acceptors (Lipinski definition) is 4. The molecule has 7 heteroatoms. The van der Waals surface area contributed by atoms with E-state index in [9.17, 15) is 4.79 Å². The lowest BCUT2D eigenvalue weighted by Crippen LogP contribution is -2.13. The second-order valence-corrected chi connectivity index (χ2v) is 8.24. The van der Waals surface area contributed by atoms with Crippen molar-refractivity contribution in [3.8, 4) is 22.9 Å². The Morgan fingerprint density at radius 2 is 2.00 bits per heavy atom. The van der Waals surface area contributed by atoms with Gasteiger partial charge in [0.25, 0.3) is 5.91 Å². The van der Waals surface area contributed by atoms with E-state index in [4.69, 9.17) is 5.26 Å². The van der Waals surface area contributed by atoms with E-state index in [1.54, 1.807) is 22.9 Å². The molecule has 0 bridgehead atoms. The molecule has 0 saturated carbocycles. The molecule has 0 aliphatic rings. The molecule has 1 unspecified atom stereocenters. The van der Waals surface area contributed by atoms with Crippen LogP contribution < -0.4 is 5.32 Å². The average Bonchev–Trinajstić information content (AvgIpc) is 3.54. The molecule has 0 aliphatic carbocycles. The molecule has 7 nitrogen and oxygen atoms in total. The van der Waals surface area contributed by atoms with E-state index in [0.717, 1.165) is 39.0 Å². The molecule has 34 heavy (non-hydrogen) atoms. The van der Waals surface area contributed by atoms with Gasteiger partial charge in [-0.3, -0.25) is 4.79 Å². The van der Waals surface area contributed by atoms with Crippen molar-refractivity contribution >= 4 is 22.6 Å². The number of nitrogens with one attached hydrogen (secondary N) is 2. The third-order valence-corrected chi connectivity index (χ3v) is 5.87. The van der Waals surface area contributed by atoms with Crippen LogP contribution in [-0.4, -0.2) is 25.7 Å². The smallest absolute Gasteiger partial charge is 0.255 e. The van der Waals surface area contributed by atoms with Crippen molar-refractivity contribution in [2.45, 2.75) is 19.8 Å². The van der Waals surface area contributed by atoms with E-state index >= 15 is 0 Å². The summed E-state index contributed by atoms with van der Waals surface area (Å²) < 4.78 is 1.80. The number of fused-ring (bicyclic) bond motifs is 1. The second-order valence-electron chi connectivity index (χ2n) is 8.24. The number of nitrogens with zero attached hydrogens (tertiary/aromatic N) is 4. The molecule has 2 N–H and O–H groups in total. The molecule has 0 radical (unpaired) electrons. The van der Waals surface area contributed by atoms with Gasteiger partial charge >= 0.3 is 0 Å². The first-order valence-corrected chi connectivity index (χ1v) is 10.9. The lowest BCUT2D eigenvalue weighted by molar-refractivity contribution is 0.102. The van der Waals surface area contributed by atoms with Crippen molar-refractivity contribution < 1.29 is 4.79 Å². The van der Waals surface area contributed by atoms with Gasteiger partial charge in [-0.15, -0.1) is 0 Å². The molecule has 1 atom stereocenters. The van der Waals surface area contributed by atoms with Crippen LogP contribution in [0.1, 0.15) is 34.3 Å². The molecular weight excluding hydrogens is 424 g/mol. The number of benzene rings is 2. The number of carbonyl (C=O) groups excluding carboxylic acids is 1. The summed E-state index contributed by atoms with van der Waals surface area (Å²) in [6.07, 6.45) is 7.46. The normalized spacial score (nSPS) is 11.8. The van der Waals surface area contributed by atoms with Crippen LogP contribution in [0.2, 0.25) is 0 Å². The van der Waals surface area contributed by atoms with Gasteiger partial charge in [0, 0.05) is 46.4 Å². The van der Waals surface area contributed by atoms with E-state index in [-0.39, 0.29) is 11.8 Å². The molecule has 0 fully saturated rings. The minimum absolute atomic E-state index is 0.228. The maximum Gasteiger partial charge on any atom is 0.255 e. The highest BCUT2D eigenvalue weighted by Crippen LogP contribution is 2.25.